The maximum absolute atomic E-state index is 3.79. The monoisotopic (exact) mass is 250 g/mol. The topological polar surface area (TPSA) is 15.3 Å². The second-order valence-corrected chi connectivity index (χ2v) is 6.97. The average molecular weight is 250 g/mol. The first-order valence-corrected chi connectivity index (χ1v) is 8.32. The zero-order chi connectivity index (χ0) is 12.4. The zero-order valence-corrected chi connectivity index (χ0v) is 12.0. The molecule has 1 aliphatic heterocycles. The summed E-state index contributed by atoms with van der Waals surface area (Å²) in [7, 11) is 0. The van der Waals surface area contributed by atoms with Gasteiger partial charge in [-0.3, -0.25) is 4.90 Å². The summed E-state index contributed by atoms with van der Waals surface area (Å²) in [6.07, 6.45) is 11.7. The van der Waals surface area contributed by atoms with Crippen molar-refractivity contribution in [2.45, 2.75) is 70.4 Å². The van der Waals surface area contributed by atoms with Gasteiger partial charge in [-0.1, -0.05) is 26.2 Å². The number of nitrogens with one attached hydrogen (secondary N) is 1. The maximum Gasteiger partial charge on any atom is 0.0198 e. The molecule has 0 aromatic rings. The molecule has 104 valence electrons. The van der Waals surface area contributed by atoms with Gasteiger partial charge in [0, 0.05) is 25.2 Å². The van der Waals surface area contributed by atoms with Crippen LogP contribution in [0.25, 0.3) is 0 Å². The summed E-state index contributed by atoms with van der Waals surface area (Å²) < 4.78 is 0. The summed E-state index contributed by atoms with van der Waals surface area (Å²) in [4.78, 5) is 2.83. The average Bonchev–Trinajstić information content (AvgIpc) is 3.07. The van der Waals surface area contributed by atoms with Crippen molar-refractivity contribution in [1.29, 1.82) is 0 Å². The van der Waals surface area contributed by atoms with Crippen LogP contribution in [0.4, 0.5) is 0 Å². The van der Waals surface area contributed by atoms with Crippen molar-refractivity contribution in [3.8, 4) is 0 Å². The van der Waals surface area contributed by atoms with E-state index >= 15 is 0 Å². The lowest BCUT2D eigenvalue weighted by molar-refractivity contribution is 0.0547. The Morgan fingerprint density at radius 1 is 1.06 bits per heavy atom. The predicted octanol–water partition coefficient (Wildman–Crippen LogP) is 3.03. The molecule has 3 aliphatic rings. The van der Waals surface area contributed by atoms with Crippen LogP contribution >= 0.6 is 0 Å². The van der Waals surface area contributed by atoms with Crippen molar-refractivity contribution in [3.05, 3.63) is 0 Å². The molecule has 0 bridgehead atoms. The Labute approximate surface area is 113 Å². The largest absolute Gasteiger partial charge is 0.313 e. The molecule has 0 radical (unpaired) electrons. The highest BCUT2D eigenvalue weighted by Gasteiger charge is 2.35. The van der Waals surface area contributed by atoms with Gasteiger partial charge in [-0.05, 0) is 50.5 Å². The van der Waals surface area contributed by atoms with Gasteiger partial charge in [0.25, 0.3) is 0 Å². The van der Waals surface area contributed by atoms with Gasteiger partial charge >= 0.3 is 0 Å². The number of hydrogen-bond acceptors (Lipinski definition) is 2. The SMILES string of the molecule is CCCNC1CC(CC2CC2)CN(C2CCC2)C1. The standard InChI is InChI=1S/C16H30N2/c1-2-8-17-15-10-14(9-13-6-7-13)11-18(12-15)16-4-3-5-16/h13-17H,2-12H2,1H3. The fraction of sp³-hybridized carbons (Fsp3) is 1.00. The number of rotatable bonds is 6. The number of hydrogen-bond donors (Lipinski definition) is 1. The Morgan fingerprint density at radius 3 is 2.50 bits per heavy atom. The summed E-state index contributed by atoms with van der Waals surface area (Å²) in [5, 5.41) is 3.79. The third-order valence-electron chi connectivity index (χ3n) is 5.20. The molecule has 2 heteroatoms. The van der Waals surface area contributed by atoms with E-state index in [4.69, 9.17) is 0 Å². The molecule has 1 saturated heterocycles. The first-order chi connectivity index (χ1) is 8.85. The van der Waals surface area contributed by atoms with E-state index < -0.39 is 0 Å². The Balaban J connectivity index is 1.53. The van der Waals surface area contributed by atoms with Gasteiger partial charge in [-0.2, -0.15) is 0 Å². The Bertz CT molecular complexity index is 258. The predicted molar refractivity (Wildman–Crippen MR) is 76.7 cm³/mol. The van der Waals surface area contributed by atoms with Crippen LogP contribution in [0, 0.1) is 11.8 Å². The van der Waals surface area contributed by atoms with Crippen LogP contribution in [-0.4, -0.2) is 36.6 Å². The molecule has 1 heterocycles. The van der Waals surface area contributed by atoms with E-state index in [1.165, 1.54) is 71.0 Å². The third-order valence-corrected chi connectivity index (χ3v) is 5.20. The van der Waals surface area contributed by atoms with E-state index in [9.17, 15) is 0 Å². The van der Waals surface area contributed by atoms with E-state index in [1.54, 1.807) is 0 Å². The molecule has 0 spiro atoms. The summed E-state index contributed by atoms with van der Waals surface area (Å²) in [6.45, 7) is 6.22. The van der Waals surface area contributed by atoms with Gasteiger partial charge in [0.2, 0.25) is 0 Å². The maximum atomic E-state index is 3.79. The quantitative estimate of drug-likeness (QED) is 0.779. The molecule has 1 N–H and O–H groups in total. The molecular formula is C16H30N2. The van der Waals surface area contributed by atoms with Crippen LogP contribution in [-0.2, 0) is 0 Å². The molecule has 0 amide bonds. The van der Waals surface area contributed by atoms with Gasteiger partial charge in [0.15, 0.2) is 0 Å². The van der Waals surface area contributed by atoms with Crippen molar-refractivity contribution in [2.75, 3.05) is 19.6 Å². The van der Waals surface area contributed by atoms with Crippen molar-refractivity contribution < 1.29 is 0 Å². The van der Waals surface area contributed by atoms with Crippen LogP contribution in [0.2, 0.25) is 0 Å². The minimum atomic E-state index is 0.781. The van der Waals surface area contributed by atoms with Crippen LogP contribution in [0.15, 0.2) is 0 Å². The lowest BCUT2D eigenvalue weighted by Crippen LogP contribution is -2.54. The van der Waals surface area contributed by atoms with E-state index in [0.717, 1.165) is 23.9 Å². The highest BCUT2D eigenvalue weighted by molar-refractivity contribution is 4.91. The summed E-state index contributed by atoms with van der Waals surface area (Å²) >= 11 is 0. The molecule has 3 rings (SSSR count). The molecule has 0 aromatic carbocycles. The number of likely N-dealkylation sites (tertiary alicyclic amines) is 1. The minimum Gasteiger partial charge on any atom is -0.313 e. The lowest BCUT2D eigenvalue weighted by Gasteiger charge is -2.45. The number of piperidine rings is 1. The van der Waals surface area contributed by atoms with E-state index in [2.05, 4.69) is 17.1 Å². The highest BCUT2D eigenvalue weighted by Crippen LogP contribution is 2.39. The van der Waals surface area contributed by atoms with Gasteiger partial charge in [0.05, 0.1) is 0 Å². The van der Waals surface area contributed by atoms with Crippen LogP contribution in [0.5, 0.6) is 0 Å². The third kappa shape index (κ3) is 3.27. The summed E-state index contributed by atoms with van der Waals surface area (Å²) in [6, 6.07) is 1.72. The van der Waals surface area contributed by atoms with Gasteiger partial charge in [0.1, 0.15) is 0 Å². The molecule has 2 unspecified atom stereocenters. The molecule has 0 aromatic heterocycles. The van der Waals surface area contributed by atoms with E-state index in [0.29, 0.717) is 0 Å². The first kappa shape index (κ1) is 12.9. The second-order valence-electron chi connectivity index (χ2n) is 6.97. The van der Waals surface area contributed by atoms with Gasteiger partial charge in [-0.15, -0.1) is 0 Å². The fourth-order valence-corrected chi connectivity index (χ4v) is 3.78. The van der Waals surface area contributed by atoms with Crippen molar-refractivity contribution in [2.24, 2.45) is 11.8 Å². The summed E-state index contributed by atoms with van der Waals surface area (Å²) in [5.41, 5.74) is 0. The Morgan fingerprint density at radius 2 is 1.89 bits per heavy atom. The van der Waals surface area contributed by atoms with E-state index in [-0.39, 0.29) is 0 Å². The van der Waals surface area contributed by atoms with Crippen LogP contribution in [0.3, 0.4) is 0 Å². The Kier molecular flexibility index (Phi) is 4.25. The lowest BCUT2D eigenvalue weighted by atomic mass is 9.84. The summed E-state index contributed by atoms with van der Waals surface area (Å²) in [5.74, 6) is 2.09. The van der Waals surface area contributed by atoms with Crippen molar-refractivity contribution in [3.63, 3.8) is 0 Å². The molecule has 2 aliphatic carbocycles. The van der Waals surface area contributed by atoms with Gasteiger partial charge in [-0.25, -0.2) is 0 Å². The molecule has 3 fully saturated rings. The molecular weight excluding hydrogens is 220 g/mol. The molecule has 18 heavy (non-hydrogen) atoms. The van der Waals surface area contributed by atoms with Crippen molar-refractivity contribution >= 4 is 0 Å². The fourth-order valence-electron chi connectivity index (χ4n) is 3.78. The second kappa shape index (κ2) is 5.92. The molecule has 2 saturated carbocycles. The van der Waals surface area contributed by atoms with Crippen LogP contribution in [0.1, 0.15) is 58.3 Å². The number of nitrogens with zero attached hydrogens (tertiary/aromatic N) is 1. The normalized spacial score (nSPS) is 34.5. The minimum absolute atomic E-state index is 0.781. The Hall–Kier alpha value is -0.0800. The van der Waals surface area contributed by atoms with Gasteiger partial charge < -0.3 is 5.32 Å². The molecule has 2 atom stereocenters. The first-order valence-electron chi connectivity index (χ1n) is 8.32. The molecule has 2 nitrogen and oxygen atoms in total. The smallest absolute Gasteiger partial charge is 0.0198 e. The van der Waals surface area contributed by atoms with Crippen LogP contribution < -0.4 is 5.32 Å². The van der Waals surface area contributed by atoms with E-state index in [1.807, 2.05) is 0 Å². The zero-order valence-electron chi connectivity index (χ0n) is 12.0. The highest BCUT2D eigenvalue weighted by atomic mass is 15.2. The van der Waals surface area contributed by atoms with Crippen molar-refractivity contribution in [1.82, 2.24) is 10.2 Å².